The molecule has 2 atom stereocenters. The number of anilines is 1. The maximum Gasteiger partial charge on any atom is 0.417 e. The summed E-state index contributed by atoms with van der Waals surface area (Å²) in [7, 11) is 0. The topological polar surface area (TPSA) is 74.5 Å². The Kier molecular flexibility index (Phi) is 5.87. The van der Waals surface area contributed by atoms with Crippen molar-refractivity contribution < 1.29 is 18.0 Å². The molecule has 0 aromatic carbocycles. The number of amides is 1. The van der Waals surface area contributed by atoms with E-state index in [1.807, 2.05) is 18.7 Å². The molecule has 1 aromatic rings. The summed E-state index contributed by atoms with van der Waals surface area (Å²) in [6, 6.07) is 2.75. The van der Waals surface area contributed by atoms with Crippen molar-refractivity contribution in [1.29, 1.82) is 0 Å². The van der Waals surface area contributed by atoms with Gasteiger partial charge in [-0.2, -0.15) is 13.2 Å². The third kappa shape index (κ3) is 4.19. The van der Waals surface area contributed by atoms with Crippen LogP contribution in [-0.2, 0) is 11.0 Å². The number of alkyl halides is 3. The SMILES string of the molecule is CC(C)(C(=O)NC1C2CC3CC1CC(CN)(C3)C2)N1CCN(c2ccc(C(F)(F)F)cn2)CC1. The highest BCUT2D eigenvalue weighted by molar-refractivity contribution is 5.85. The zero-order chi connectivity index (χ0) is 24.3. The maximum atomic E-state index is 13.5. The summed E-state index contributed by atoms with van der Waals surface area (Å²) in [6.07, 6.45) is 2.47. The smallest absolute Gasteiger partial charge is 0.354 e. The van der Waals surface area contributed by atoms with Gasteiger partial charge < -0.3 is 16.0 Å². The first-order valence-electron chi connectivity index (χ1n) is 12.5. The Morgan fingerprint density at radius 1 is 1.12 bits per heavy atom. The lowest BCUT2D eigenvalue weighted by atomic mass is 9.48. The van der Waals surface area contributed by atoms with Crippen molar-refractivity contribution >= 4 is 11.7 Å². The lowest BCUT2D eigenvalue weighted by molar-refractivity contribution is -0.138. The molecule has 5 aliphatic rings. The molecule has 9 heteroatoms. The van der Waals surface area contributed by atoms with Crippen LogP contribution in [0.4, 0.5) is 19.0 Å². The minimum atomic E-state index is -4.39. The van der Waals surface area contributed by atoms with E-state index in [0.29, 0.717) is 49.2 Å². The molecule has 2 heterocycles. The summed E-state index contributed by atoms with van der Waals surface area (Å²) < 4.78 is 38.5. The fraction of sp³-hybridized carbons (Fsp3) is 0.760. The van der Waals surface area contributed by atoms with E-state index >= 15 is 0 Å². The Hall–Kier alpha value is -1.87. The molecule has 1 saturated heterocycles. The van der Waals surface area contributed by atoms with Crippen molar-refractivity contribution in [3.63, 3.8) is 0 Å². The molecule has 188 valence electrons. The van der Waals surface area contributed by atoms with Gasteiger partial charge in [-0.25, -0.2) is 4.98 Å². The summed E-state index contributed by atoms with van der Waals surface area (Å²) >= 11 is 0. The number of hydrogen-bond donors (Lipinski definition) is 2. The van der Waals surface area contributed by atoms with Crippen LogP contribution in [0.25, 0.3) is 0 Å². The number of halogens is 3. The molecule has 0 spiro atoms. The molecule has 0 radical (unpaired) electrons. The van der Waals surface area contributed by atoms with Gasteiger partial charge in [0.2, 0.25) is 5.91 Å². The summed E-state index contributed by atoms with van der Waals surface area (Å²) in [6.45, 7) is 7.26. The van der Waals surface area contributed by atoms with Crippen LogP contribution in [0.5, 0.6) is 0 Å². The number of pyridine rings is 1. The normalized spacial score (nSPS) is 33.9. The van der Waals surface area contributed by atoms with Gasteiger partial charge in [0.05, 0.1) is 11.1 Å². The molecule has 4 aliphatic carbocycles. The van der Waals surface area contributed by atoms with Gasteiger partial charge in [-0.15, -0.1) is 0 Å². The summed E-state index contributed by atoms with van der Waals surface area (Å²) in [5.41, 5.74) is 5.08. The average molecular weight is 480 g/mol. The van der Waals surface area contributed by atoms with Gasteiger partial charge in [-0.05, 0) is 87.8 Å². The van der Waals surface area contributed by atoms with E-state index in [9.17, 15) is 18.0 Å². The highest BCUT2D eigenvalue weighted by Crippen LogP contribution is 2.59. The number of carbonyl (C=O) groups excluding carboxylic acids is 1. The number of piperazine rings is 1. The molecule has 6 nitrogen and oxygen atoms in total. The second-order valence-electron chi connectivity index (χ2n) is 11.6. The first kappa shape index (κ1) is 23.9. The lowest BCUT2D eigenvalue weighted by Gasteiger charge is -2.60. The summed E-state index contributed by atoms with van der Waals surface area (Å²) in [5.74, 6) is 2.47. The number of hydrogen-bond acceptors (Lipinski definition) is 5. The van der Waals surface area contributed by atoms with Crippen LogP contribution in [0, 0.1) is 23.2 Å². The van der Waals surface area contributed by atoms with E-state index < -0.39 is 17.3 Å². The van der Waals surface area contributed by atoms with E-state index in [1.165, 1.54) is 25.3 Å². The fourth-order valence-electron chi connectivity index (χ4n) is 7.39. The van der Waals surface area contributed by atoms with Crippen molar-refractivity contribution in [2.24, 2.45) is 28.9 Å². The first-order valence-corrected chi connectivity index (χ1v) is 12.5. The third-order valence-electron chi connectivity index (χ3n) is 9.16. The minimum Gasteiger partial charge on any atom is -0.354 e. The maximum absolute atomic E-state index is 13.5. The van der Waals surface area contributed by atoms with Gasteiger partial charge in [0.1, 0.15) is 5.82 Å². The molecule has 4 bridgehead atoms. The van der Waals surface area contributed by atoms with Crippen LogP contribution in [0.1, 0.15) is 51.5 Å². The molecular weight excluding hydrogens is 443 g/mol. The third-order valence-corrected chi connectivity index (χ3v) is 9.16. The molecule has 2 unspecified atom stereocenters. The molecule has 6 rings (SSSR count). The Bertz CT molecular complexity index is 894. The predicted octanol–water partition coefficient (Wildman–Crippen LogP) is 3.27. The van der Waals surface area contributed by atoms with E-state index in [-0.39, 0.29) is 11.9 Å². The number of nitrogens with one attached hydrogen (secondary N) is 1. The van der Waals surface area contributed by atoms with Gasteiger partial charge in [0.15, 0.2) is 0 Å². The van der Waals surface area contributed by atoms with Crippen LogP contribution in [-0.4, -0.2) is 60.1 Å². The van der Waals surface area contributed by atoms with Crippen molar-refractivity contribution in [2.45, 2.75) is 63.7 Å². The highest BCUT2D eigenvalue weighted by Gasteiger charge is 2.55. The van der Waals surface area contributed by atoms with Gasteiger partial charge in [-0.1, -0.05) is 0 Å². The zero-order valence-corrected chi connectivity index (χ0v) is 20.1. The van der Waals surface area contributed by atoms with Gasteiger partial charge in [0, 0.05) is 38.4 Å². The number of nitrogens with zero attached hydrogens (tertiary/aromatic N) is 3. The van der Waals surface area contributed by atoms with E-state index in [4.69, 9.17) is 5.73 Å². The number of rotatable bonds is 5. The second-order valence-corrected chi connectivity index (χ2v) is 11.6. The zero-order valence-electron chi connectivity index (χ0n) is 20.1. The first-order chi connectivity index (χ1) is 16.0. The van der Waals surface area contributed by atoms with Crippen LogP contribution >= 0.6 is 0 Å². The predicted molar refractivity (Wildman–Crippen MR) is 124 cm³/mol. The Balaban J connectivity index is 1.19. The molecule has 4 saturated carbocycles. The molecule has 3 N–H and O–H groups in total. The Morgan fingerprint density at radius 2 is 1.76 bits per heavy atom. The van der Waals surface area contributed by atoms with Gasteiger partial charge in [0.25, 0.3) is 0 Å². The molecule has 5 fully saturated rings. The summed E-state index contributed by atoms with van der Waals surface area (Å²) in [5, 5.41) is 3.45. The Morgan fingerprint density at radius 3 is 2.29 bits per heavy atom. The van der Waals surface area contributed by atoms with Crippen molar-refractivity contribution in [3.8, 4) is 0 Å². The second kappa shape index (κ2) is 8.36. The summed E-state index contributed by atoms with van der Waals surface area (Å²) in [4.78, 5) is 21.7. The number of carbonyl (C=O) groups is 1. The molecular formula is C25H36F3N5O. The van der Waals surface area contributed by atoms with Crippen LogP contribution < -0.4 is 16.0 Å². The fourth-order valence-corrected chi connectivity index (χ4v) is 7.39. The van der Waals surface area contributed by atoms with Crippen molar-refractivity contribution in [1.82, 2.24) is 15.2 Å². The lowest BCUT2D eigenvalue weighted by Crippen LogP contribution is -2.66. The molecule has 1 aliphatic heterocycles. The molecule has 1 aromatic heterocycles. The van der Waals surface area contributed by atoms with Crippen molar-refractivity contribution in [3.05, 3.63) is 23.9 Å². The number of nitrogens with two attached hydrogens (primary N) is 1. The Labute approximate surface area is 199 Å². The van der Waals surface area contributed by atoms with E-state index in [1.54, 1.807) is 0 Å². The van der Waals surface area contributed by atoms with E-state index in [2.05, 4.69) is 15.2 Å². The van der Waals surface area contributed by atoms with Crippen LogP contribution in [0.3, 0.4) is 0 Å². The highest BCUT2D eigenvalue weighted by atomic mass is 19.4. The van der Waals surface area contributed by atoms with E-state index in [0.717, 1.165) is 37.6 Å². The van der Waals surface area contributed by atoms with Gasteiger partial charge in [-0.3, -0.25) is 9.69 Å². The quantitative estimate of drug-likeness (QED) is 0.678. The largest absolute Gasteiger partial charge is 0.417 e. The minimum absolute atomic E-state index is 0.0767. The standard InChI is InChI=1S/C25H36F3N5O/c1-23(2,22(34)31-21-17-9-16-10-18(21)13-24(11-16,12-17)15-29)33-7-5-32(6-8-33)20-4-3-19(14-30-20)25(26,27)28/h3-4,14,16-18,21H,5-13,15,29H2,1-2H3,(H,31,34). The van der Waals surface area contributed by atoms with Gasteiger partial charge >= 0.3 is 6.18 Å². The average Bonchev–Trinajstić information content (AvgIpc) is 2.80. The van der Waals surface area contributed by atoms with Crippen molar-refractivity contribution in [2.75, 3.05) is 37.6 Å². The molecule has 34 heavy (non-hydrogen) atoms. The molecule has 1 amide bonds. The number of aromatic nitrogens is 1. The monoisotopic (exact) mass is 479 g/mol. The van der Waals surface area contributed by atoms with Crippen LogP contribution in [0.15, 0.2) is 18.3 Å². The van der Waals surface area contributed by atoms with Crippen LogP contribution in [0.2, 0.25) is 0 Å².